The van der Waals surface area contributed by atoms with Gasteiger partial charge in [0.2, 0.25) is 5.43 Å². The largest absolute Gasteiger partial charge is 0.380 e. The summed E-state index contributed by atoms with van der Waals surface area (Å²) >= 11 is 0. The van der Waals surface area contributed by atoms with Gasteiger partial charge in [0.05, 0.1) is 18.5 Å². The molecule has 2 aromatic rings. The van der Waals surface area contributed by atoms with Crippen LogP contribution in [0.2, 0.25) is 0 Å². The van der Waals surface area contributed by atoms with Gasteiger partial charge in [0.25, 0.3) is 5.91 Å². The lowest BCUT2D eigenvalue weighted by atomic mass is 10.2. The maximum Gasteiger partial charge on any atom is 0.277 e. The summed E-state index contributed by atoms with van der Waals surface area (Å²) in [5.74, 6) is -0.609. The highest BCUT2D eigenvalue weighted by atomic mass is 16.5. The molecule has 2 rings (SSSR count). The number of nitrogens with one attached hydrogen (secondary N) is 1. The van der Waals surface area contributed by atoms with Crippen LogP contribution in [0.4, 0.5) is 0 Å². The summed E-state index contributed by atoms with van der Waals surface area (Å²) in [5.41, 5.74) is 0.246. The lowest BCUT2D eigenvalue weighted by Crippen LogP contribution is -2.34. The summed E-state index contributed by atoms with van der Waals surface area (Å²) < 4.78 is 11.2. The summed E-state index contributed by atoms with van der Waals surface area (Å²) in [6, 6.07) is 3.49. The van der Waals surface area contributed by atoms with Crippen LogP contribution in [0, 0.1) is 0 Å². The first-order chi connectivity index (χ1) is 10.7. The third-order valence-corrected chi connectivity index (χ3v) is 2.80. The Hall–Kier alpha value is -2.58. The summed E-state index contributed by atoms with van der Waals surface area (Å²) in [6.07, 6.45) is 4.72. The topological polar surface area (TPSA) is 95.3 Å². The molecule has 0 saturated heterocycles. The molecular formula is C14H16N4O4. The Morgan fingerprint density at radius 1 is 1.36 bits per heavy atom. The van der Waals surface area contributed by atoms with Crippen LogP contribution < -0.4 is 10.7 Å². The molecule has 2 heterocycles. The molecular weight excluding hydrogens is 288 g/mol. The molecule has 1 N–H and O–H groups in total. The molecule has 116 valence electrons. The molecule has 0 aliphatic heterocycles. The molecule has 0 spiro atoms. The Morgan fingerprint density at radius 3 is 2.82 bits per heavy atom. The van der Waals surface area contributed by atoms with Gasteiger partial charge in [-0.2, -0.15) is 5.10 Å². The van der Waals surface area contributed by atoms with E-state index < -0.39 is 11.3 Å². The highest BCUT2D eigenvalue weighted by Crippen LogP contribution is 2.05. The van der Waals surface area contributed by atoms with Crippen molar-refractivity contribution in [1.82, 2.24) is 20.1 Å². The lowest BCUT2D eigenvalue weighted by Gasteiger charge is -2.10. The molecule has 0 unspecified atom stereocenters. The Bertz CT molecular complexity index is 700. The predicted molar refractivity (Wildman–Crippen MR) is 77.7 cm³/mol. The summed E-state index contributed by atoms with van der Waals surface area (Å²) in [6.45, 7) is 0.0630. The second-order valence-electron chi connectivity index (χ2n) is 4.36. The number of nitrogens with zero attached hydrogens (tertiary/aromatic N) is 3. The van der Waals surface area contributed by atoms with E-state index in [4.69, 9.17) is 9.47 Å². The maximum atomic E-state index is 12.3. The number of amides is 1. The number of aromatic nitrogens is 3. The second kappa shape index (κ2) is 7.43. The number of hydrogen-bond acceptors (Lipinski definition) is 6. The van der Waals surface area contributed by atoms with Crippen molar-refractivity contribution >= 4 is 5.91 Å². The van der Waals surface area contributed by atoms with E-state index in [2.05, 4.69) is 15.4 Å². The normalized spacial score (nSPS) is 10.5. The van der Waals surface area contributed by atoms with E-state index >= 15 is 0 Å². The van der Waals surface area contributed by atoms with Crippen molar-refractivity contribution in [2.75, 3.05) is 21.0 Å². The standard InChI is InChI=1S/C14H16N4O4/c1-21-8-10-7-18(11-4-3-5-15-6-11)17-12(13(10)19)14(20)16-9-22-2/h3-7H,8-9H2,1-2H3,(H,16,20). The maximum absolute atomic E-state index is 12.3. The zero-order valence-electron chi connectivity index (χ0n) is 12.3. The van der Waals surface area contributed by atoms with Crippen LogP contribution in [0.1, 0.15) is 16.1 Å². The van der Waals surface area contributed by atoms with Gasteiger partial charge in [-0.05, 0) is 12.1 Å². The van der Waals surface area contributed by atoms with Crippen molar-refractivity contribution in [1.29, 1.82) is 0 Å². The molecule has 0 aromatic carbocycles. The average molecular weight is 304 g/mol. The molecule has 0 saturated carbocycles. The SMILES string of the molecule is COCNC(=O)c1nn(-c2cccnc2)cc(COC)c1=O. The summed E-state index contributed by atoms with van der Waals surface area (Å²) in [7, 11) is 2.90. The predicted octanol–water partition coefficient (Wildman–Crippen LogP) is 0.108. The van der Waals surface area contributed by atoms with Gasteiger partial charge in [-0.1, -0.05) is 0 Å². The number of ether oxygens (including phenoxy) is 2. The third kappa shape index (κ3) is 3.54. The fourth-order valence-electron chi connectivity index (χ4n) is 1.79. The van der Waals surface area contributed by atoms with Gasteiger partial charge in [0.15, 0.2) is 5.69 Å². The van der Waals surface area contributed by atoms with E-state index in [-0.39, 0.29) is 19.0 Å². The first kappa shape index (κ1) is 15.8. The first-order valence-electron chi connectivity index (χ1n) is 6.46. The fraction of sp³-hybridized carbons (Fsp3) is 0.286. The van der Waals surface area contributed by atoms with Crippen LogP contribution in [-0.4, -0.2) is 41.6 Å². The van der Waals surface area contributed by atoms with Crippen molar-refractivity contribution in [2.45, 2.75) is 6.61 Å². The molecule has 8 nitrogen and oxygen atoms in total. The van der Waals surface area contributed by atoms with Gasteiger partial charge >= 0.3 is 0 Å². The van der Waals surface area contributed by atoms with Crippen LogP contribution in [0.5, 0.6) is 0 Å². The van der Waals surface area contributed by atoms with E-state index in [1.54, 1.807) is 24.5 Å². The minimum atomic E-state index is -0.609. The number of rotatable bonds is 6. The number of pyridine rings is 1. The third-order valence-electron chi connectivity index (χ3n) is 2.80. The monoisotopic (exact) mass is 304 g/mol. The highest BCUT2D eigenvalue weighted by molar-refractivity contribution is 5.92. The van der Waals surface area contributed by atoms with E-state index in [9.17, 15) is 9.59 Å². The smallest absolute Gasteiger partial charge is 0.277 e. The number of hydrogen-bond donors (Lipinski definition) is 1. The summed E-state index contributed by atoms with van der Waals surface area (Å²) in [5, 5.41) is 6.52. The zero-order valence-corrected chi connectivity index (χ0v) is 12.3. The molecule has 0 aliphatic carbocycles. The van der Waals surface area contributed by atoms with Gasteiger partial charge in [-0.15, -0.1) is 0 Å². The molecule has 0 atom stereocenters. The van der Waals surface area contributed by atoms with Crippen molar-refractivity contribution in [3.05, 3.63) is 52.2 Å². The zero-order chi connectivity index (χ0) is 15.9. The molecule has 0 radical (unpaired) electrons. The van der Waals surface area contributed by atoms with Crippen molar-refractivity contribution in [3.63, 3.8) is 0 Å². The molecule has 0 aliphatic rings. The second-order valence-corrected chi connectivity index (χ2v) is 4.36. The van der Waals surface area contributed by atoms with Gasteiger partial charge in [-0.3, -0.25) is 14.6 Å². The number of carbonyl (C=O) groups excluding carboxylic acids is 1. The highest BCUT2D eigenvalue weighted by Gasteiger charge is 2.17. The molecule has 2 aromatic heterocycles. The minimum absolute atomic E-state index is 0.0125. The Labute approximate surface area is 126 Å². The van der Waals surface area contributed by atoms with Crippen LogP contribution in [-0.2, 0) is 16.1 Å². The number of carbonyl (C=O) groups is 1. The molecule has 0 bridgehead atoms. The van der Waals surface area contributed by atoms with E-state index in [1.165, 1.54) is 25.1 Å². The van der Waals surface area contributed by atoms with Crippen molar-refractivity contribution in [3.8, 4) is 5.69 Å². The van der Waals surface area contributed by atoms with E-state index in [1.807, 2.05) is 0 Å². The van der Waals surface area contributed by atoms with Gasteiger partial charge in [0.1, 0.15) is 6.73 Å². The lowest BCUT2D eigenvalue weighted by molar-refractivity contribution is 0.0863. The van der Waals surface area contributed by atoms with Crippen LogP contribution in [0.25, 0.3) is 5.69 Å². The molecule has 1 amide bonds. The van der Waals surface area contributed by atoms with E-state index in [0.717, 1.165) is 0 Å². The Kier molecular flexibility index (Phi) is 5.34. The fourth-order valence-corrected chi connectivity index (χ4v) is 1.79. The van der Waals surface area contributed by atoms with Crippen molar-refractivity contribution in [2.24, 2.45) is 0 Å². The molecule has 8 heteroatoms. The van der Waals surface area contributed by atoms with Gasteiger partial charge < -0.3 is 14.8 Å². The Balaban J connectivity index is 2.50. The van der Waals surface area contributed by atoms with Crippen LogP contribution in [0.15, 0.2) is 35.5 Å². The van der Waals surface area contributed by atoms with Gasteiger partial charge in [0, 0.05) is 32.2 Å². The minimum Gasteiger partial charge on any atom is -0.380 e. The van der Waals surface area contributed by atoms with Crippen LogP contribution in [0.3, 0.4) is 0 Å². The van der Waals surface area contributed by atoms with Gasteiger partial charge in [-0.25, -0.2) is 4.68 Å². The van der Waals surface area contributed by atoms with E-state index in [0.29, 0.717) is 11.3 Å². The molecule has 0 fully saturated rings. The Morgan fingerprint density at radius 2 is 2.18 bits per heavy atom. The summed E-state index contributed by atoms with van der Waals surface area (Å²) in [4.78, 5) is 28.3. The van der Waals surface area contributed by atoms with Crippen molar-refractivity contribution < 1.29 is 14.3 Å². The van der Waals surface area contributed by atoms with Crippen LogP contribution >= 0.6 is 0 Å². The first-order valence-corrected chi connectivity index (χ1v) is 6.46. The molecule has 22 heavy (non-hydrogen) atoms. The average Bonchev–Trinajstić information content (AvgIpc) is 2.55. The quantitative estimate of drug-likeness (QED) is 0.761. The number of methoxy groups -OCH3 is 2.